The predicted octanol–water partition coefficient (Wildman–Crippen LogP) is 19.1. The van der Waals surface area contributed by atoms with Gasteiger partial charge in [0.2, 0.25) is 0 Å². The smallest absolute Gasteiger partial charge is 0.306 e. The normalized spacial score (nSPS) is 13.4. The van der Waals surface area contributed by atoms with Gasteiger partial charge in [-0.2, -0.15) is 0 Å². The molecule has 0 radical (unpaired) electrons. The van der Waals surface area contributed by atoms with Crippen molar-refractivity contribution in [3.05, 3.63) is 170 Å². The Hall–Kier alpha value is -5.23. The molecule has 1 atom stereocenters. The van der Waals surface area contributed by atoms with Gasteiger partial charge in [-0.05, 0) is 122 Å². The molecule has 0 aromatic heterocycles. The van der Waals surface area contributed by atoms with Crippen LogP contribution in [0.2, 0.25) is 0 Å². The molecular weight excluding hydrogens is 889 g/mol. The fourth-order valence-electron chi connectivity index (χ4n) is 6.86. The first-order valence-electron chi connectivity index (χ1n) is 28.2. The molecule has 0 saturated heterocycles. The Morgan fingerprint density at radius 2 is 0.639 bits per heavy atom. The number of carbonyl (C=O) groups is 3. The Balaban J connectivity index is 4.67. The topological polar surface area (TPSA) is 78.9 Å². The molecule has 0 aliphatic rings. The van der Waals surface area contributed by atoms with E-state index in [1.807, 2.05) is 12.2 Å². The molecule has 0 saturated carbocycles. The highest BCUT2D eigenvalue weighted by molar-refractivity contribution is 5.71. The van der Waals surface area contributed by atoms with Gasteiger partial charge in [0.25, 0.3) is 0 Å². The largest absolute Gasteiger partial charge is 0.462 e. The number of ether oxygens (including phenoxy) is 3. The fourth-order valence-corrected chi connectivity index (χ4v) is 6.86. The maximum Gasteiger partial charge on any atom is 0.306 e. The van der Waals surface area contributed by atoms with Gasteiger partial charge in [0.1, 0.15) is 13.2 Å². The summed E-state index contributed by atoms with van der Waals surface area (Å²) in [4.78, 5) is 38.1. The van der Waals surface area contributed by atoms with Crippen LogP contribution >= 0.6 is 0 Å². The molecule has 0 aromatic carbocycles. The van der Waals surface area contributed by atoms with Gasteiger partial charge in [0, 0.05) is 19.3 Å². The van der Waals surface area contributed by atoms with E-state index in [1.54, 1.807) is 0 Å². The van der Waals surface area contributed by atoms with Crippen molar-refractivity contribution in [2.24, 2.45) is 0 Å². The fraction of sp³-hybridized carbons (Fsp3) is 0.530. The van der Waals surface area contributed by atoms with Gasteiger partial charge in [0.05, 0.1) is 0 Å². The molecular formula is C66H100O6. The summed E-state index contributed by atoms with van der Waals surface area (Å²) in [6.07, 6.45) is 86.4. The van der Waals surface area contributed by atoms with E-state index in [-0.39, 0.29) is 50.4 Å². The molecule has 0 aliphatic carbocycles. The second-order valence-corrected chi connectivity index (χ2v) is 17.8. The molecule has 0 aliphatic heterocycles. The first-order valence-corrected chi connectivity index (χ1v) is 28.2. The quantitative estimate of drug-likeness (QED) is 0.0199. The second-order valence-electron chi connectivity index (χ2n) is 17.8. The number of hydrogen-bond donors (Lipinski definition) is 0. The zero-order valence-corrected chi connectivity index (χ0v) is 45.6. The van der Waals surface area contributed by atoms with Crippen LogP contribution in [0.25, 0.3) is 0 Å². The molecule has 400 valence electrons. The number of allylic oxidation sites excluding steroid dienone is 28. The first-order chi connectivity index (χ1) is 35.5. The van der Waals surface area contributed by atoms with Gasteiger partial charge in [-0.25, -0.2) is 0 Å². The lowest BCUT2D eigenvalue weighted by atomic mass is 10.1. The van der Waals surface area contributed by atoms with Crippen LogP contribution in [0.3, 0.4) is 0 Å². The van der Waals surface area contributed by atoms with Crippen molar-refractivity contribution in [3.63, 3.8) is 0 Å². The molecule has 0 bridgehead atoms. The minimum Gasteiger partial charge on any atom is -0.462 e. The number of carbonyl (C=O) groups excluding carboxylic acids is 3. The molecule has 0 amide bonds. The van der Waals surface area contributed by atoms with Crippen molar-refractivity contribution >= 4 is 17.9 Å². The zero-order chi connectivity index (χ0) is 52.2. The third-order valence-electron chi connectivity index (χ3n) is 11.0. The summed E-state index contributed by atoms with van der Waals surface area (Å²) in [5.41, 5.74) is 0. The van der Waals surface area contributed by atoms with E-state index in [1.165, 1.54) is 32.1 Å². The molecule has 0 fully saturated rings. The monoisotopic (exact) mass is 989 g/mol. The van der Waals surface area contributed by atoms with Crippen LogP contribution in [0.15, 0.2) is 170 Å². The van der Waals surface area contributed by atoms with E-state index in [0.29, 0.717) is 12.8 Å². The summed E-state index contributed by atoms with van der Waals surface area (Å²) < 4.78 is 16.7. The van der Waals surface area contributed by atoms with E-state index in [2.05, 4.69) is 179 Å². The van der Waals surface area contributed by atoms with E-state index >= 15 is 0 Å². The lowest BCUT2D eigenvalue weighted by Gasteiger charge is -2.18. The molecule has 0 heterocycles. The van der Waals surface area contributed by atoms with E-state index < -0.39 is 6.10 Å². The van der Waals surface area contributed by atoms with Crippen LogP contribution in [-0.4, -0.2) is 37.2 Å². The molecule has 0 N–H and O–H groups in total. The van der Waals surface area contributed by atoms with Crippen molar-refractivity contribution in [3.8, 4) is 0 Å². The SMILES string of the molecule is CC/C=C\C/C=C\C/C=C\C/C=C\C/C=C\C/C=C\CCC(=O)OCC(COC(=O)CCC/C=C\C/C=C\C/C=C\C/C=C\C/C=C\CC)OC(=O)CCCCCCC\C=C/C=C\C=C/CCCCCCC. The third kappa shape index (κ3) is 55.7. The number of unbranched alkanes of at least 4 members (excludes halogenated alkanes) is 11. The Morgan fingerprint density at radius 1 is 0.306 bits per heavy atom. The van der Waals surface area contributed by atoms with Crippen molar-refractivity contribution in [1.82, 2.24) is 0 Å². The molecule has 72 heavy (non-hydrogen) atoms. The van der Waals surface area contributed by atoms with Crippen LogP contribution in [0.5, 0.6) is 0 Å². The summed E-state index contributed by atoms with van der Waals surface area (Å²) in [7, 11) is 0. The Labute approximate surface area is 441 Å². The average Bonchev–Trinajstić information content (AvgIpc) is 3.38. The summed E-state index contributed by atoms with van der Waals surface area (Å²) in [6.45, 7) is 6.24. The van der Waals surface area contributed by atoms with Crippen molar-refractivity contribution in [1.29, 1.82) is 0 Å². The van der Waals surface area contributed by atoms with Gasteiger partial charge < -0.3 is 14.2 Å². The van der Waals surface area contributed by atoms with Crippen LogP contribution in [-0.2, 0) is 28.6 Å². The van der Waals surface area contributed by atoms with Gasteiger partial charge in [-0.15, -0.1) is 0 Å². The van der Waals surface area contributed by atoms with E-state index in [0.717, 1.165) is 122 Å². The lowest BCUT2D eigenvalue weighted by molar-refractivity contribution is -0.166. The average molecular weight is 990 g/mol. The standard InChI is InChI=1S/C66H100O6/c1-4-7-10-13-16-19-22-25-28-31-33-36-38-41-44-47-50-53-56-59-65(68)71-62-63(61-70-64(67)58-55-52-49-46-43-40-37-34-30-27-24-21-18-15-12-9-6-3)72-66(69)60-57-54-51-48-45-42-39-35-32-29-26-23-20-17-14-11-8-5-2/h7,9-10,12,16,18-19,21,23,25-30,32-33,35-37,39-41,44,46,49-50,53,63H,4-6,8,11,13-15,17,20,22,24,31,34,38,42-43,45,47-48,51-52,54-62H2,1-3H3/b10-7-,12-9-,19-16-,21-18-,26-23-,28-25-,30-27-,32-29-,36-33-,39-35-,40-37-,44-41-,49-46-,53-50-. The lowest BCUT2D eigenvalue weighted by Crippen LogP contribution is -2.30. The van der Waals surface area contributed by atoms with Crippen LogP contribution in [0.4, 0.5) is 0 Å². The molecule has 0 spiro atoms. The minimum atomic E-state index is -0.853. The Kier molecular flexibility index (Phi) is 54.1. The zero-order valence-electron chi connectivity index (χ0n) is 45.6. The van der Waals surface area contributed by atoms with Crippen LogP contribution < -0.4 is 0 Å². The maximum atomic E-state index is 12.9. The van der Waals surface area contributed by atoms with Crippen molar-refractivity contribution in [2.75, 3.05) is 13.2 Å². The number of hydrogen-bond acceptors (Lipinski definition) is 6. The van der Waals surface area contributed by atoms with Crippen LogP contribution in [0, 0.1) is 0 Å². The van der Waals surface area contributed by atoms with E-state index in [4.69, 9.17) is 14.2 Å². The predicted molar refractivity (Wildman–Crippen MR) is 311 cm³/mol. The highest BCUT2D eigenvalue weighted by atomic mass is 16.6. The summed E-state index contributed by atoms with van der Waals surface area (Å²) in [5.74, 6) is -1.12. The molecule has 6 nitrogen and oxygen atoms in total. The first kappa shape index (κ1) is 66.8. The molecule has 0 rings (SSSR count). The Morgan fingerprint density at radius 3 is 1.07 bits per heavy atom. The van der Waals surface area contributed by atoms with Crippen molar-refractivity contribution in [2.45, 2.75) is 213 Å². The highest BCUT2D eigenvalue weighted by Gasteiger charge is 2.19. The minimum absolute atomic E-state index is 0.148. The summed E-state index contributed by atoms with van der Waals surface area (Å²) in [6, 6.07) is 0. The third-order valence-corrected chi connectivity index (χ3v) is 11.0. The van der Waals surface area contributed by atoms with Gasteiger partial charge >= 0.3 is 17.9 Å². The molecule has 0 aromatic rings. The molecule has 6 heteroatoms. The highest BCUT2D eigenvalue weighted by Crippen LogP contribution is 2.11. The molecule has 1 unspecified atom stereocenters. The van der Waals surface area contributed by atoms with Crippen molar-refractivity contribution < 1.29 is 28.6 Å². The summed E-state index contributed by atoms with van der Waals surface area (Å²) in [5, 5.41) is 0. The number of rotatable bonds is 48. The summed E-state index contributed by atoms with van der Waals surface area (Å²) >= 11 is 0. The van der Waals surface area contributed by atoms with Gasteiger partial charge in [-0.1, -0.05) is 236 Å². The Bertz CT molecular complexity index is 1700. The van der Waals surface area contributed by atoms with Gasteiger partial charge in [0.15, 0.2) is 6.10 Å². The number of esters is 3. The second kappa shape index (κ2) is 58.3. The van der Waals surface area contributed by atoms with Crippen LogP contribution in [0.1, 0.15) is 207 Å². The van der Waals surface area contributed by atoms with Gasteiger partial charge in [-0.3, -0.25) is 14.4 Å². The van der Waals surface area contributed by atoms with E-state index in [9.17, 15) is 14.4 Å². The maximum absolute atomic E-state index is 12.9.